The summed E-state index contributed by atoms with van der Waals surface area (Å²) in [5, 5.41) is 14.3. The molecule has 3 amide bonds. The fourth-order valence-electron chi connectivity index (χ4n) is 3.23. The van der Waals surface area contributed by atoms with Gasteiger partial charge >= 0.3 is 12.0 Å². The molecule has 0 bridgehead atoms. The van der Waals surface area contributed by atoms with Gasteiger partial charge in [-0.25, -0.2) is 14.0 Å². The quantitative estimate of drug-likeness (QED) is 0.720. The topological polar surface area (TPSA) is 98.7 Å². The fraction of sp³-hybridized carbons (Fsp3) is 0.286. The maximum absolute atomic E-state index is 13.7. The van der Waals surface area contributed by atoms with Gasteiger partial charge < -0.3 is 20.6 Å². The molecule has 7 nitrogen and oxygen atoms in total. The lowest BCUT2D eigenvalue weighted by Crippen LogP contribution is -2.46. The van der Waals surface area contributed by atoms with Gasteiger partial charge in [0.05, 0.1) is 17.2 Å². The van der Waals surface area contributed by atoms with Gasteiger partial charge in [0.15, 0.2) is 0 Å². The van der Waals surface area contributed by atoms with Gasteiger partial charge in [-0.2, -0.15) is 0 Å². The highest BCUT2D eigenvalue weighted by atomic mass is 19.1. The average Bonchev–Trinajstić information content (AvgIpc) is 2.74. The van der Waals surface area contributed by atoms with E-state index in [1.807, 2.05) is 0 Å². The molecule has 0 spiro atoms. The Morgan fingerprint density at radius 2 is 1.83 bits per heavy atom. The van der Waals surface area contributed by atoms with Crippen LogP contribution in [0.3, 0.4) is 0 Å². The molecule has 1 saturated heterocycles. The van der Waals surface area contributed by atoms with Crippen molar-refractivity contribution in [1.29, 1.82) is 0 Å². The van der Waals surface area contributed by atoms with Crippen molar-refractivity contribution in [3.8, 4) is 0 Å². The Kier molecular flexibility index (Phi) is 6.43. The number of halogens is 1. The second-order valence-corrected chi connectivity index (χ2v) is 6.92. The number of hydrogen-bond acceptors (Lipinski definition) is 3. The smallest absolute Gasteiger partial charge is 0.335 e. The summed E-state index contributed by atoms with van der Waals surface area (Å²) in [7, 11) is 0. The number of anilines is 1. The van der Waals surface area contributed by atoms with Gasteiger partial charge in [0.25, 0.3) is 0 Å². The van der Waals surface area contributed by atoms with E-state index in [-0.39, 0.29) is 36.2 Å². The Hall–Kier alpha value is -3.42. The van der Waals surface area contributed by atoms with E-state index in [0.717, 1.165) is 5.56 Å². The molecule has 3 rings (SSSR count). The number of rotatable bonds is 5. The van der Waals surface area contributed by atoms with E-state index in [9.17, 15) is 18.8 Å². The molecular formula is C21H22FN3O4. The number of likely N-dealkylation sites (tertiary alicyclic amines) is 1. The SMILES string of the molecule is O=C(O)c1ccc(CNC(=O)C2CCCN(C(=O)Nc3ccccc3F)C2)cc1. The first-order valence-electron chi connectivity index (χ1n) is 9.34. The van der Waals surface area contributed by atoms with E-state index in [1.54, 1.807) is 24.3 Å². The first-order valence-corrected chi connectivity index (χ1v) is 9.34. The van der Waals surface area contributed by atoms with Gasteiger partial charge in [0.2, 0.25) is 5.91 Å². The zero-order valence-electron chi connectivity index (χ0n) is 15.7. The molecule has 0 aromatic heterocycles. The Bertz CT molecular complexity index is 901. The summed E-state index contributed by atoms with van der Waals surface area (Å²) in [6.45, 7) is 1.03. The Labute approximate surface area is 167 Å². The van der Waals surface area contributed by atoms with E-state index in [4.69, 9.17) is 5.11 Å². The number of piperidine rings is 1. The number of nitrogens with one attached hydrogen (secondary N) is 2. The molecule has 0 radical (unpaired) electrons. The highest BCUT2D eigenvalue weighted by molar-refractivity contribution is 5.90. The lowest BCUT2D eigenvalue weighted by atomic mass is 9.97. The van der Waals surface area contributed by atoms with Gasteiger partial charge in [-0.1, -0.05) is 24.3 Å². The molecule has 2 aromatic rings. The number of para-hydroxylation sites is 1. The molecule has 1 atom stereocenters. The van der Waals surface area contributed by atoms with Crippen molar-refractivity contribution < 1.29 is 23.9 Å². The largest absolute Gasteiger partial charge is 0.478 e. The van der Waals surface area contributed by atoms with Crippen molar-refractivity contribution in [3.63, 3.8) is 0 Å². The van der Waals surface area contributed by atoms with Crippen LogP contribution in [0.5, 0.6) is 0 Å². The molecule has 0 aliphatic carbocycles. The van der Waals surface area contributed by atoms with Crippen LogP contribution in [-0.2, 0) is 11.3 Å². The van der Waals surface area contributed by atoms with Crippen molar-refractivity contribution in [2.45, 2.75) is 19.4 Å². The predicted molar refractivity (Wildman–Crippen MR) is 105 cm³/mol. The van der Waals surface area contributed by atoms with Crippen LogP contribution < -0.4 is 10.6 Å². The minimum Gasteiger partial charge on any atom is -0.478 e. The number of carbonyl (C=O) groups is 3. The average molecular weight is 399 g/mol. The highest BCUT2D eigenvalue weighted by Gasteiger charge is 2.28. The van der Waals surface area contributed by atoms with Crippen molar-refractivity contribution in [3.05, 3.63) is 65.5 Å². The lowest BCUT2D eigenvalue weighted by molar-refractivity contribution is -0.126. The molecule has 1 fully saturated rings. The monoisotopic (exact) mass is 399 g/mol. The summed E-state index contributed by atoms with van der Waals surface area (Å²) in [4.78, 5) is 37.3. The minimum absolute atomic E-state index is 0.105. The summed E-state index contributed by atoms with van der Waals surface area (Å²) in [6, 6.07) is 11.8. The van der Waals surface area contributed by atoms with Crippen LogP contribution in [0.15, 0.2) is 48.5 Å². The molecule has 2 aromatic carbocycles. The van der Waals surface area contributed by atoms with Crippen LogP contribution in [0.25, 0.3) is 0 Å². The molecule has 0 saturated carbocycles. The highest BCUT2D eigenvalue weighted by Crippen LogP contribution is 2.19. The molecule has 29 heavy (non-hydrogen) atoms. The molecule has 1 aliphatic rings. The zero-order chi connectivity index (χ0) is 20.8. The Morgan fingerprint density at radius 1 is 1.10 bits per heavy atom. The van der Waals surface area contributed by atoms with Gasteiger partial charge in [-0.3, -0.25) is 4.79 Å². The summed E-state index contributed by atoms with van der Waals surface area (Å²) < 4.78 is 13.7. The maximum atomic E-state index is 13.7. The third-order valence-electron chi connectivity index (χ3n) is 4.86. The van der Waals surface area contributed by atoms with Gasteiger partial charge in [0, 0.05) is 19.6 Å². The van der Waals surface area contributed by atoms with Gasteiger partial charge in [0.1, 0.15) is 5.82 Å². The van der Waals surface area contributed by atoms with Crippen molar-refractivity contribution in [2.24, 2.45) is 5.92 Å². The van der Waals surface area contributed by atoms with Crippen molar-refractivity contribution in [2.75, 3.05) is 18.4 Å². The summed E-state index contributed by atoms with van der Waals surface area (Å²) >= 11 is 0. The molecule has 1 aliphatic heterocycles. The normalized spacial score (nSPS) is 16.2. The molecule has 3 N–H and O–H groups in total. The van der Waals surface area contributed by atoms with Crippen molar-refractivity contribution >= 4 is 23.6 Å². The summed E-state index contributed by atoms with van der Waals surface area (Å²) in [6.07, 6.45) is 1.34. The number of carboxylic acids is 1. The number of nitrogens with zero attached hydrogens (tertiary/aromatic N) is 1. The second kappa shape index (κ2) is 9.18. The van der Waals surface area contributed by atoms with Gasteiger partial charge in [-0.05, 0) is 42.7 Å². The zero-order valence-corrected chi connectivity index (χ0v) is 15.7. The van der Waals surface area contributed by atoms with E-state index in [2.05, 4.69) is 10.6 Å². The van der Waals surface area contributed by atoms with E-state index >= 15 is 0 Å². The first kappa shape index (κ1) is 20.3. The standard InChI is InChI=1S/C21H22FN3O4/c22-17-5-1-2-6-18(17)24-21(29)25-11-3-4-16(13-25)19(26)23-12-14-7-9-15(10-8-14)20(27)28/h1-2,5-10,16H,3-4,11-13H2,(H,23,26)(H,24,29)(H,27,28). The Morgan fingerprint density at radius 3 is 2.52 bits per heavy atom. The minimum atomic E-state index is -1.00. The van der Waals surface area contributed by atoms with E-state index in [0.29, 0.717) is 19.4 Å². The van der Waals surface area contributed by atoms with Crippen LogP contribution in [0.1, 0.15) is 28.8 Å². The number of benzene rings is 2. The lowest BCUT2D eigenvalue weighted by Gasteiger charge is -2.32. The molecule has 8 heteroatoms. The number of carbonyl (C=O) groups excluding carboxylic acids is 2. The van der Waals surface area contributed by atoms with Crippen LogP contribution >= 0.6 is 0 Å². The van der Waals surface area contributed by atoms with Crippen LogP contribution in [-0.4, -0.2) is 41.0 Å². The van der Waals surface area contributed by atoms with Crippen LogP contribution in [0.4, 0.5) is 14.9 Å². The van der Waals surface area contributed by atoms with Crippen molar-refractivity contribution in [1.82, 2.24) is 10.2 Å². The van der Waals surface area contributed by atoms with Gasteiger partial charge in [-0.15, -0.1) is 0 Å². The first-order chi connectivity index (χ1) is 13.9. The molecular weight excluding hydrogens is 377 g/mol. The maximum Gasteiger partial charge on any atom is 0.335 e. The molecule has 1 heterocycles. The third kappa shape index (κ3) is 5.31. The molecule has 1 unspecified atom stereocenters. The number of hydrogen-bond donors (Lipinski definition) is 3. The van der Waals surface area contributed by atoms with E-state index < -0.39 is 17.8 Å². The van der Waals surface area contributed by atoms with E-state index in [1.165, 1.54) is 29.2 Å². The third-order valence-corrected chi connectivity index (χ3v) is 4.86. The number of amides is 3. The number of aromatic carboxylic acids is 1. The number of carboxylic acid groups (broad SMARTS) is 1. The fourth-order valence-corrected chi connectivity index (χ4v) is 3.23. The number of urea groups is 1. The summed E-state index contributed by atoms with van der Waals surface area (Å²) in [5.74, 6) is -2.04. The Balaban J connectivity index is 1.52. The van der Waals surface area contributed by atoms with Crippen LogP contribution in [0, 0.1) is 11.7 Å². The predicted octanol–water partition coefficient (Wildman–Crippen LogP) is 3.08. The second-order valence-electron chi connectivity index (χ2n) is 6.92. The summed E-state index contributed by atoms with van der Waals surface area (Å²) in [5.41, 5.74) is 1.08. The molecule has 152 valence electrons. The van der Waals surface area contributed by atoms with Crippen LogP contribution in [0.2, 0.25) is 0 Å².